The van der Waals surface area contributed by atoms with Crippen molar-refractivity contribution in [3.8, 4) is 11.5 Å². The zero-order valence-electron chi connectivity index (χ0n) is 10.4. The summed E-state index contributed by atoms with van der Waals surface area (Å²) in [6.07, 6.45) is -4.44. The van der Waals surface area contributed by atoms with Crippen molar-refractivity contribution >= 4 is 5.91 Å². The van der Waals surface area contributed by atoms with E-state index in [9.17, 15) is 18.0 Å². The molecular weight excluding hydrogens is 277 g/mol. The average molecular weight is 290 g/mol. The van der Waals surface area contributed by atoms with E-state index in [4.69, 9.17) is 15.2 Å². The molecule has 0 radical (unpaired) electrons. The SMILES string of the molecule is NC1COc2cc(OCC(=O)NCC(F)(F)F)ccc21. The lowest BCUT2D eigenvalue weighted by Crippen LogP contribution is -2.36. The minimum absolute atomic E-state index is 0.200. The van der Waals surface area contributed by atoms with Gasteiger partial charge < -0.3 is 20.5 Å². The number of carbonyl (C=O) groups excluding carboxylic acids is 1. The number of rotatable bonds is 4. The lowest BCUT2D eigenvalue weighted by molar-refractivity contribution is -0.139. The van der Waals surface area contributed by atoms with Crippen LogP contribution in [0.2, 0.25) is 0 Å². The molecule has 8 heteroatoms. The first kappa shape index (κ1) is 14.4. The highest BCUT2D eigenvalue weighted by Gasteiger charge is 2.27. The number of hydrogen-bond donors (Lipinski definition) is 2. The highest BCUT2D eigenvalue weighted by atomic mass is 19.4. The van der Waals surface area contributed by atoms with Crippen molar-refractivity contribution < 1.29 is 27.4 Å². The van der Waals surface area contributed by atoms with Crippen molar-refractivity contribution in [2.75, 3.05) is 19.8 Å². The molecule has 5 nitrogen and oxygen atoms in total. The molecule has 0 fully saturated rings. The maximum absolute atomic E-state index is 11.9. The average Bonchev–Trinajstić information content (AvgIpc) is 2.74. The molecule has 1 aromatic carbocycles. The summed E-state index contributed by atoms with van der Waals surface area (Å²) >= 11 is 0. The van der Waals surface area contributed by atoms with Gasteiger partial charge in [0.2, 0.25) is 0 Å². The number of amides is 1. The first-order chi connectivity index (χ1) is 9.35. The Kier molecular flexibility index (Phi) is 4.03. The Bertz CT molecular complexity index is 505. The smallest absolute Gasteiger partial charge is 0.405 e. The van der Waals surface area contributed by atoms with Gasteiger partial charge in [0.25, 0.3) is 5.91 Å². The summed E-state index contributed by atoms with van der Waals surface area (Å²) in [5.74, 6) is 0.0474. The summed E-state index contributed by atoms with van der Waals surface area (Å²) in [5.41, 5.74) is 6.59. The molecule has 0 aromatic heterocycles. The molecule has 0 spiro atoms. The molecule has 1 heterocycles. The van der Waals surface area contributed by atoms with E-state index in [0.29, 0.717) is 18.1 Å². The normalized spacial score (nSPS) is 17.3. The van der Waals surface area contributed by atoms with Crippen LogP contribution in [0.5, 0.6) is 11.5 Å². The Morgan fingerprint density at radius 2 is 2.25 bits per heavy atom. The van der Waals surface area contributed by atoms with E-state index in [1.807, 2.05) is 0 Å². The maximum atomic E-state index is 11.9. The number of benzene rings is 1. The van der Waals surface area contributed by atoms with Gasteiger partial charge in [0.1, 0.15) is 24.7 Å². The minimum atomic E-state index is -4.44. The third kappa shape index (κ3) is 3.77. The first-order valence-electron chi connectivity index (χ1n) is 5.84. The molecule has 1 aliphatic rings. The second kappa shape index (κ2) is 5.58. The molecule has 1 aliphatic heterocycles. The van der Waals surface area contributed by atoms with Gasteiger partial charge in [0, 0.05) is 11.6 Å². The largest absolute Gasteiger partial charge is 0.491 e. The molecule has 1 aromatic rings. The number of nitrogens with two attached hydrogens (primary N) is 1. The Labute approximate surface area is 112 Å². The third-order valence-electron chi connectivity index (χ3n) is 2.66. The standard InChI is InChI=1S/C12H13F3N2O3/c13-12(14,15)6-17-11(18)5-19-7-1-2-8-9(16)4-20-10(8)3-7/h1-3,9H,4-6,16H2,(H,17,18). The topological polar surface area (TPSA) is 73.6 Å². The van der Waals surface area contributed by atoms with Gasteiger partial charge in [0.05, 0.1) is 6.04 Å². The highest BCUT2D eigenvalue weighted by Crippen LogP contribution is 2.33. The highest BCUT2D eigenvalue weighted by molar-refractivity contribution is 5.77. The molecule has 110 valence electrons. The fourth-order valence-electron chi connectivity index (χ4n) is 1.70. The van der Waals surface area contributed by atoms with Crippen LogP contribution < -0.4 is 20.5 Å². The number of fused-ring (bicyclic) bond motifs is 1. The van der Waals surface area contributed by atoms with E-state index in [2.05, 4.69) is 0 Å². The maximum Gasteiger partial charge on any atom is 0.405 e. The second-order valence-electron chi connectivity index (χ2n) is 4.30. The van der Waals surface area contributed by atoms with E-state index in [1.54, 1.807) is 23.5 Å². The predicted octanol–water partition coefficient (Wildman–Crippen LogP) is 1.14. The zero-order chi connectivity index (χ0) is 14.8. The predicted molar refractivity (Wildman–Crippen MR) is 63.4 cm³/mol. The Hall–Kier alpha value is -1.96. The lowest BCUT2D eigenvalue weighted by Gasteiger charge is -2.10. The van der Waals surface area contributed by atoms with Crippen molar-refractivity contribution in [3.63, 3.8) is 0 Å². The van der Waals surface area contributed by atoms with Crippen molar-refractivity contribution in [1.29, 1.82) is 0 Å². The monoisotopic (exact) mass is 290 g/mol. The summed E-state index contributed by atoms with van der Waals surface area (Å²) in [6, 6.07) is 4.65. The summed E-state index contributed by atoms with van der Waals surface area (Å²) < 4.78 is 46.0. The van der Waals surface area contributed by atoms with Gasteiger partial charge in [-0.25, -0.2) is 0 Å². The summed E-state index contributed by atoms with van der Waals surface area (Å²) in [6.45, 7) is -1.51. The lowest BCUT2D eigenvalue weighted by atomic mass is 10.1. The summed E-state index contributed by atoms with van der Waals surface area (Å²) in [7, 11) is 0. The fraction of sp³-hybridized carbons (Fsp3) is 0.417. The van der Waals surface area contributed by atoms with Crippen LogP contribution in [-0.2, 0) is 4.79 Å². The van der Waals surface area contributed by atoms with Crippen LogP contribution in [0, 0.1) is 0 Å². The van der Waals surface area contributed by atoms with Gasteiger partial charge in [-0.15, -0.1) is 0 Å². The number of alkyl halides is 3. The Morgan fingerprint density at radius 1 is 1.50 bits per heavy atom. The zero-order valence-corrected chi connectivity index (χ0v) is 10.4. The van der Waals surface area contributed by atoms with Crippen LogP contribution in [-0.4, -0.2) is 31.8 Å². The molecule has 1 atom stereocenters. The van der Waals surface area contributed by atoms with Crippen LogP contribution in [0.25, 0.3) is 0 Å². The van der Waals surface area contributed by atoms with Gasteiger partial charge in [-0.3, -0.25) is 4.79 Å². The van der Waals surface area contributed by atoms with E-state index >= 15 is 0 Å². The first-order valence-corrected chi connectivity index (χ1v) is 5.84. The van der Waals surface area contributed by atoms with Gasteiger partial charge in [-0.05, 0) is 12.1 Å². The quantitative estimate of drug-likeness (QED) is 0.872. The van der Waals surface area contributed by atoms with Gasteiger partial charge in [-0.1, -0.05) is 0 Å². The molecule has 1 unspecified atom stereocenters. The molecule has 0 saturated heterocycles. The number of nitrogens with one attached hydrogen (secondary N) is 1. The van der Waals surface area contributed by atoms with Crippen molar-refractivity contribution in [2.45, 2.75) is 12.2 Å². The van der Waals surface area contributed by atoms with Gasteiger partial charge in [0.15, 0.2) is 6.61 Å². The van der Waals surface area contributed by atoms with E-state index < -0.39 is 25.2 Å². The summed E-state index contributed by atoms with van der Waals surface area (Å²) in [4.78, 5) is 11.2. The van der Waals surface area contributed by atoms with Crippen LogP contribution in [0.3, 0.4) is 0 Å². The van der Waals surface area contributed by atoms with Crippen molar-refractivity contribution in [1.82, 2.24) is 5.32 Å². The van der Waals surface area contributed by atoms with Crippen molar-refractivity contribution in [2.24, 2.45) is 5.73 Å². The van der Waals surface area contributed by atoms with Crippen LogP contribution in [0.1, 0.15) is 11.6 Å². The molecule has 2 rings (SSSR count). The minimum Gasteiger partial charge on any atom is -0.491 e. The summed E-state index contributed by atoms with van der Waals surface area (Å²) in [5, 5.41) is 1.71. The molecule has 1 amide bonds. The van der Waals surface area contributed by atoms with Crippen LogP contribution >= 0.6 is 0 Å². The molecule has 0 aliphatic carbocycles. The molecule has 3 N–H and O–H groups in total. The van der Waals surface area contributed by atoms with Gasteiger partial charge in [-0.2, -0.15) is 13.2 Å². The van der Waals surface area contributed by atoms with Gasteiger partial charge >= 0.3 is 6.18 Å². The number of halogens is 3. The van der Waals surface area contributed by atoms with Crippen LogP contribution in [0.15, 0.2) is 18.2 Å². The van der Waals surface area contributed by atoms with E-state index in [0.717, 1.165) is 5.56 Å². The fourth-order valence-corrected chi connectivity index (χ4v) is 1.70. The Balaban J connectivity index is 1.84. The molecule has 0 saturated carbocycles. The second-order valence-corrected chi connectivity index (χ2v) is 4.30. The van der Waals surface area contributed by atoms with Crippen LogP contribution in [0.4, 0.5) is 13.2 Å². The molecule has 20 heavy (non-hydrogen) atoms. The third-order valence-corrected chi connectivity index (χ3v) is 2.66. The Morgan fingerprint density at radius 3 is 2.95 bits per heavy atom. The molecule has 0 bridgehead atoms. The number of ether oxygens (including phenoxy) is 2. The van der Waals surface area contributed by atoms with Crippen molar-refractivity contribution in [3.05, 3.63) is 23.8 Å². The number of hydrogen-bond acceptors (Lipinski definition) is 4. The van der Waals surface area contributed by atoms with E-state index in [1.165, 1.54) is 0 Å². The van der Waals surface area contributed by atoms with E-state index in [-0.39, 0.29) is 6.04 Å². The molecular formula is C12H13F3N2O3. The number of carbonyl (C=O) groups is 1.